The van der Waals surface area contributed by atoms with Gasteiger partial charge in [-0.25, -0.2) is 0 Å². The fourth-order valence-corrected chi connectivity index (χ4v) is 0.809. The van der Waals surface area contributed by atoms with Crippen molar-refractivity contribution in [3.05, 3.63) is 11.3 Å². The molecule has 1 aliphatic rings. The minimum absolute atomic E-state index is 0.215. The Kier molecular flexibility index (Phi) is 1.57. The number of ketones is 1. The van der Waals surface area contributed by atoms with Crippen LogP contribution >= 0.6 is 0 Å². The maximum atomic E-state index is 10.9. The Labute approximate surface area is 58.7 Å². The van der Waals surface area contributed by atoms with Gasteiger partial charge in [-0.1, -0.05) is 0 Å². The largest absolute Gasteiger partial charge is 0.479 e. The quantitative estimate of drug-likeness (QED) is 0.392. The molecule has 0 aromatic heterocycles. The van der Waals surface area contributed by atoms with Gasteiger partial charge in [0.1, 0.15) is 5.76 Å². The minimum Gasteiger partial charge on any atom is -0.479 e. The first-order valence-electron chi connectivity index (χ1n) is 3.00. The highest BCUT2D eigenvalue weighted by Crippen LogP contribution is 2.18. The zero-order valence-electron chi connectivity index (χ0n) is 5.88. The molecule has 0 radical (unpaired) electrons. The molecular weight excluding hydrogens is 132 g/mol. The fraction of sp³-hybridized carbons (Fsp3) is 0.429. The van der Waals surface area contributed by atoms with E-state index >= 15 is 0 Å². The number of hydrogen-bond donors (Lipinski definition) is 0. The van der Waals surface area contributed by atoms with E-state index in [9.17, 15) is 9.59 Å². The average molecular weight is 140 g/mol. The van der Waals surface area contributed by atoms with Crippen molar-refractivity contribution in [1.29, 1.82) is 0 Å². The van der Waals surface area contributed by atoms with Gasteiger partial charge in [-0.3, -0.25) is 9.59 Å². The van der Waals surface area contributed by atoms with Crippen molar-refractivity contribution in [3.8, 4) is 0 Å². The number of ether oxygens (including phenoxy) is 1. The van der Waals surface area contributed by atoms with Crippen LogP contribution in [0.15, 0.2) is 11.3 Å². The Morgan fingerprint density at radius 2 is 2.10 bits per heavy atom. The van der Waals surface area contributed by atoms with Crippen LogP contribution in [0.2, 0.25) is 0 Å². The van der Waals surface area contributed by atoms with Gasteiger partial charge < -0.3 is 4.74 Å². The third-order valence-corrected chi connectivity index (χ3v) is 1.58. The summed E-state index contributed by atoms with van der Waals surface area (Å²) < 4.78 is 4.90. The monoisotopic (exact) mass is 140 g/mol. The highest BCUT2D eigenvalue weighted by molar-refractivity contribution is 6.08. The minimum atomic E-state index is -0.875. The van der Waals surface area contributed by atoms with Gasteiger partial charge in [0.2, 0.25) is 11.9 Å². The van der Waals surface area contributed by atoms with Gasteiger partial charge in [-0.15, -0.1) is 0 Å². The van der Waals surface area contributed by atoms with Crippen molar-refractivity contribution in [3.63, 3.8) is 0 Å². The van der Waals surface area contributed by atoms with E-state index in [-0.39, 0.29) is 5.78 Å². The molecule has 10 heavy (non-hydrogen) atoms. The number of allylic oxidation sites excluding steroid dienone is 1. The summed E-state index contributed by atoms with van der Waals surface area (Å²) in [5.41, 5.74) is 0.553. The predicted octanol–water partition coefficient (Wildman–Crippen LogP) is 0.447. The molecular formula is C7H8O3. The number of aldehydes is 1. The van der Waals surface area contributed by atoms with Crippen molar-refractivity contribution in [2.75, 3.05) is 0 Å². The van der Waals surface area contributed by atoms with Crippen molar-refractivity contribution in [2.24, 2.45) is 0 Å². The van der Waals surface area contributed by atoms with E-state index in [1.807, 2.05) is 0 Å². The molecule has 54 valence electrons. The van der Waals surface area contributed by atoms with Gasteiger partial charge in [0.15, 0.2) is 6.29 Å². The zero-order valence-corrected chi connectivity index (χ0v) is 5.88. The Morgan fingerprint density at radius 3 is 2.30 bits per heavy atom. The lowest BCUT2D eigenvalue weighted by molar-refractivity contribution is -0.128. The van der Waals surface area contributed by atoms with Crippen LogP contribution in [0, 0.1) is 0 Å². The molecule has 0 N–H and O–H groups in total. The lowest BCUT2D eigenvalue weighted by Gasteiger charge is -1.99. The van der Waals surface area contributed by atoms with Crippen molar-refractivity contribution < 1.29 is 14.3 Å². The molecule has 1 aliphatic heterocycles. The fourth-order valence-electron chi connectivity index (χ4n) is 0.809. The van der Waals surface area contributed by atoms with Crippen LogP contribution in [0.3, 0.4) is 0 Å². The highest BCUT2D eigenvalue weighted by atomic mass is 16.5. The number of carbonyl (C=O) groups is 2. The molecule has 3 nitrogen and oxygen atoms in total. The highest BCUT2D eigenvalue weighted by Gasteiger charge is 2.29. The third-order valence-electron chi connectivity index (χ3n) is 1.58. The van der Waals surface area contributed by atoms with Crippen LogP contribution in [-0.4, -0.2) is 18.2 Å². The summed E-state index contributed by atoms with van der Waals surface area (Å²) >= 11 is 0. The van der Waals surface area contributed by atoms with Crippen LogP contribution in [-0.2, 0) is 14.3 Å². The van der Waals surface area contributed by atoms with E-state index < -0.39 is 6.10 Å². The van der Waals surface area contributed by atoms with Crippen molar-refractivity contribution in [2.45, 2.75) is 20.0 Å². The van der Waals surface area contributed by atoms with Gasteiger partial charge >= 0.3 is 0 Å². The molecule has 0 aromatic rings. The first kappa shape index (κ1) is 6.99. The maximum Gasteiger partial charge on any atom is 0.215 e. The van der Waals surface area contributed by atoms with Crippen LogP contribution in [0.25, 0.3) is 0 Å². The van der Waals surface area contributed by atoms with E-state index in [2.05, 4.69) is 0 Å². The molecule has 0 spiro atoms. The standard InChI is InChI=1S/C7H8O3/c1-4-5(2)10-6(3-8)7(4)9/h3,6H,1-2H3. The molecule has 0 aliphatic carbocycles. The van der Waals surface area contributed by atoms with Gasteiger partial charge in [0, 0.05) is 5.57 Å². The summed E-state index contributed by atoms with van der Waals surface area (Å²) in [5, 5.41) is 0. The Hall–Kier alpha value is -1.12. The van der Waals surface area contributed by atoms with Crippen molar-refractivity contribution in [1.82, 2.24) is 0 Å². The van der Waals surface area contributed by atoms with E-state index in [0.717, 1.165) is 0 Å². The van der Waals surface area contributed by atoms with Gasteiger partial charge in [0.05, 0.1) is 0 Å². The molecule has 1 rings (SSSR count). The Balaban J connectivity index is 2.86. The molecule has 3 heteroatoms. The SMILES string of the molecule is CC1=C(C)C(=O)C(C=O)O1. The molecule has 0 aromatic carbocycles. The predicted molar refractivity (Wildman–Crippen MR) is 34.3 cm³/mol. The Bertz CT molecular complexity index is 215. The van der Waals surface area contributed by atoms with Crippen LogP contribution in [0.1, 0.15) is 13.8 Å². The molecule has 1 unspecified atom stereocenters. The summed E-state index contributed by atoms with van der Waals surface area (Å²) in [5.74, 6) is 0.342. The summed E-state index contributed by atoms with van der Waals surface area (Å²) in [4.78, 5) is 21.1. The lowest BCUT2D eigenvalue weighted by Crippen LogP contribution is -2.18. The van der Waals surface area contributed by atoms with E-state index in [1.165, 1.54) is 0 Å². The van der Waals surface area contributed by atoms with Crippen LogP contribution in [0.4, 0.5) is 0 Å². The summed E-state index contributed by atoms with van der Waals surface area (Å²) in [6.07, 6.45) is -0.359. The first-order valence-corrected chi connectivity index (χ1v) is 3.00. The summed E-state index contributed by atoms with van der Waals surface area (Å²) in [6, 6.07) is 0. The van der Waals surface area contributed by atoms with Crippen LogP contribution < -0.4 is 0 Å². The molecule has 1 atom stereocenters. The number of hydrogen-bond acceptors (Lipinski definition) is 3. The van der Waals surface area contributed by atoms with Gasteiger partial charge in [-0.2, -0.15) is 0 Å². The molecule has 0 saturated carbocycles. The second kappa shape index (κ2) is 2.25. The zero-order chi connectivity index (χ0) is 7.72. The second-order valence-corrected chi connectivity index (χ2v) is 2.22. The van der Waals surface area contributed by atoms with E-state index in [4.69, 9.17) is 4.74 Å². The maximum absolute atomic E-state index is 10.9. The topological polar surface area (TPSA) is 43.4 Å². The van der Waals surface area contributed by atoms with Gasteiger partial charge in [-0.05, 0) is 13.8 Å². The molecule has 0 fully saturated rings. The first-order chi connectivity index (χ1) is 4.66. The summed E-state index contributed by atoms with van der Waals surface area (Å²) in [7, 11) is 0. The molecule has 0 saturated heterocycles. The normalized spacial score (nSPS) is 25.0. The smallest absolute Gasteiger partial charge is 0.215 e. The number of rotatable bonds is 1. The lowest BCUT2D eigenvalue weighted by atomic mass is 10.1. The average Bonchev–Trinajstić information content (AvgIpc) is 2.17. The number of carbonyl (C=O) groups excluding carboxylic acids is 2. The summed E-state index contributed by atoms with van der Waals surface area (Å²) in [6.45, 7) is 3.33. The molecule has 0 bridgehead atoms. The molecule has 0 amide bonds. The van der Waals surface area contributed by atoms with E-state index in [0.29, 0.717) is 17.6 Å². The van der Waals surface area contributed by atoms with Crippen LogP contribution in [0.5, 0.6) is 0 Å². The third kappa shape index (κ3) is 0.835. The molecule has 1 heterocycles. The second-order valence-electron chi connectivity index (χ2n) is 2.22. The Morgan fingerprint density at radius 1 is 1.50 bits per heavy atom. The number of Topliss-reactive ketones (excluding diaryl/α,β-unsaturated/α-hetero) is 1. The van der Waals surface area contributed by atoms with E-state index in [1.54, 1.807) is 13.8 Å². The van der Waals surface area contributed by atoms with Crippen molar-refractivity contribution >= 4 is 12.1 Å². The van der Waals surface area contributed by atoms with Gasteiger partial charge in [0.25, 0.3) is 0 Å².